The summed E-state index contributed by atoms with van der Waals surface area (Å²) >= 11 is 0. The summed E-state index contributed by atoms with van der Waals surface area (Å²) in [4.78, 5) is 15.4. The van der Waals surface area contributed by atoms with Gasteiger partial charge in [-0.2, -0.15) is 0 Å². The molecule has 1 heterocycles. The molecule has 0 aliphatic rings. The van der Waals surface area contributed by atoms with Crippen molar-refractivity contribution in [3.05, 3.63) is 35.7 Å². The number of anilines is 1. The first-order valence-electron chi connectivity index (χ1n) is 4.72. The van der Waals surface area contributed by atoms with Crippen molar-refractivity contribution >= 4 is 11.8 Å². The van der Waals surface area contributed by atoms with E-state index in [1.807, 2.05) is 32.9 Å². The third kappa shape index (κ3) is 3.81. The number of pyridine rings is 1. The molecule has 1 aromatic rings. The second kappa shape index (κ2) is 5.14. The van der Waals surface area contributed by atoms with Crippen molar-refractivity contribution in [3.63, 3.8) is 0 Å². The Kier molecular flexibility index (Phi) is 3.85. The highest BCUT2D eigenvalue weighted by molar-refractivity contribution is 5.89. The van der Waals surface area contributed by atoms with Crippen molar-refractivity contribution in [2.75, 3.05) is 5.32 Å². The normalized spacial score (nSPS) is 9.27. The highest BCUT2D eigenvalue weighted by Crippen LogP contribution is 2.08. The Hall–Kier alpha value is -1.84. The van der Waals surface area contributed by atoms with E-state index in [-0.39, 0.29) is 6.03 Å². The van der Waals surface area contributed by atoms with Crippen LogP contribution in [0.1, 0.15) is 19.4 Å². The highest BCUT2D eigenvalue weighted by Gasteiger charge is 2.02. The van der Waals surface area contributed by atoms with E-state index in [1.165, 1.54) is 0 Å². The fraction of sp³-hybridized carbons (Fsp3) is 0.273. The minimum atomic E-state index is -0.280. The molecule has 4 nitrogen and oxygen atoms in total. The van der Waals surface area contributed by atoms with E-state index >= 15 is 0 Å². The molecule has 0 bridgehead atoms. The van der Waals surface area contributed by atoms with Crippen LogP contribution in [-0.4, -0.2) is 11.0 Å². The molecule has 0 unspecified atom stereocenters. The number of hydrogen-bond donors (Lipinski definition) is 2. The third-order valence-electron chi connectivity index (χ3n) is 1.73. The summed E-state index contributed by atoms with van der Waals surface area (Å²) in [6.07, 6.45) is 3.29. The maximum absolute atomic E-state index is 11.4. The van der Waals surface area contributed by atoms with Crippen molar-refractivity contribution < 1.29 is 4.79 Å². The Morgan fingerprint density at radius 1 is 1.47 bits per heavy atom. The Balaban J connectivity index is 2.59. The molecule has 80 valence electrons. The summed E-state index contributed by atoms with van der Waals surface area (Å²) in [5.41, 5.74) is 1.97. The van der Waals surface area contributed by atoms with Gasteiger partial charge in [0.05, 0.1) is 0 Å². The monoisotopic (exact) mass is 205 g/mol. The molecule has 0 aliphatic carbocycles. The predicted octanol–water partition coefficient (Wildman–Crippen LogP) is 2.44. The molecule has 15 heavy (non-hydrogen) atoms. The predicted molar refractivity (Wildman–Crippen MR) is 60.6 cm³/mol. The maximum Gasteiger partial charge on any atom is 0.324 e. The lowest BCUT2D eigenvalue weighted by molar-refractivity contribution is 0.255. The number of aromatic nitrogens is 1. The molecule has 0 aliphatic heterocycles. The molecule has 1 rings (SSSR count). The number of allylic oxidation sites excluding steroid dienone is 1. The number of nitrogens with zero attached hydrogens (tertiary/aromatic N) is 1. The molecule has 2 N–H and O–H groups in total. The Morgan fingerprint density at radius 3 is 2.80 bits per heavy atom. The van der Waals surface area contributed by atoms with Crippen LogP contribution in [0.2, 0.25) is 0 Å². The van der Waals surface area contributed by atoms with Gasteiger partial charge in [0, 0.05) is 12.4 Å². The zero-order valence-electron chi connectivity index (χ0n) is 9.16. The summed E-state index contributed by atoms with van der Waals surface area (Å²) in [5.74, 6) is 0.581. The van der Waals surface area contributed by atoms with Gasteiger partial charge in [0.1, 0.15) is 5.82 Å². The first kappa shape index (κ1) is 11.2. The molecule has 0 spiro atoms. The molecule has 0 radical (unpaired) electrons. The number of aryl methyl sites for hydroxylation is 1. The van der Waals surface area contributed by atoms with Gasteiger partial charge in [0.2, 0.25) is 0 Å². The van der Waals surface area contributed by atoms with Crippen LogP contribution in [0.15, 0.2) is 30.1 Å². The molecule has 0 atom stereocenters. The zero-order chi connectivity index (χ0) is 11.3. The van der Waals surface area contributed by atoms with E-state index in [0.29, 0.717) is 5.82 Å². The summed E-state index contributed by atoms with van der Waals surface area (Å²) in [5, 5.41) is 5.27. The van der Waals surface area contributed by atoms with Crippen LogP contribution in [0.4, 0.5) is 10.6 Å². The van der Waals surface area contributed by atoms with Crippen LogP contribution in [0.25, 0.3) is 0 Å². The van der Waals surface area contributed by atoms with Crippen molar-refractivity contribution in [1.29, 1.82) is 0 Å². The van der Waals surface area contributed by atoms with Crippen LogP contribution < -0.4 is 10.6 Å². The van der Waals surface area contributed by atoms with E-state index in [0.717, 1.165) is 11.1 Å². The van der Waals surface area contributed by atoms with Crippen molar-refractivity contribution in [2.45, 2.75) is 20.8 Å². The minimum absolute atomic E-state index is 0.280. The fourth-order valence-electron chi connectivity index (χ4n) is 0.970. The summed E-state index contributed by atoms with van der Waals surface area (Å²) in [6.45, 7) is 5.71. The highest BCUT2D eigenvalue weighted by atomic mass is 16.2. The number of amides is 2. The van der Waals surface area contributed by atoms with Gasteiger partial charge < -0.3 is 5.32 Å². The van der Waals surface area contributed by atoms with E-state index in [1.54, 1.807) is 12.4 Å². The Morgan fingerprint density at radius 2 is 2.20 bits per heavy atom. The van der Waals surface area contributed by atoms with Crippen molar-refractivity contribution in [3.8, 4) is 0 Å². The standard InChI is InChI=1S/C11H15N3O/c1-8(2)7-13-11(15)14-10-9(3)5-4-6-12-10/h4-7H,1-3H3,(H2,12,13,14,15). The summed E-state index contributed by atoms with van der Waals surface area (Å²) < 4.78 is 0. The lowest BCUT2D eigenvalue weighted by Gasteiger charge is -2.06. The van der Waals surface area contributed by atoms with Crippen LogP contribution in [-0.2, 0) is 0 Å². The number of hydrogen-bond acceptors (Lipinski definition) is 2. The zero-order valence-corrected chi connectivity index (χ0v) is 9.16. The minimum Gasteiger partial charge on any atom is -0.314 e. The van der Waals surface area contributed by atoms with E-state index in [4.69, 9.17) is 0 Å². The SMILES string of the molecule is CC(C)=CNC(=O)Nc1ncccc1C. The van der Waals surface area contributed by atoms with Gasteiger partial charge in [0.15, 0.2) is 0 Å². The first-order chi connectivity index (χ1) is 7.09. The van der Waals surface area contributed by atoms with Crippen molar-refractivity contribution in [2.24, 2.45) is 0 Å². The van der Waals surface area contributed by atoms with Gasteiger partial charge in [-0.1, -0.05) is 11.6 Å². The van der Waals surface area contributed by atoms with Gasteiger partial charge in [-0.25, -0.2) is 9.78 Å². The average Bonchev–Trinajstić information content (AvgIpc) is 2.18. The molecule has 4 heteroatoms. The largest absolute Gasteiger partial charge is 0.324 e. The average molecular weight is 205 g/mol. The molecular weight excluding hydrogens is 190 g/mol. The van der Waals surface area contributed by atoms with Gasteiger partial charge in [-0.05, 0) is 32.4 Å². The lowest BCUT2D eigenvalue weighted by Crippen LogP contribution is -2.25. The van der Waals surface area contributed by atoms with Crippen LogP contribution in [0.5, 0.6) is 0 Å². The molecular formula is C11H15N3O. The maximum atomic E-state index is 11.4. The summed E-state index contributed by atoms with van der Waals surface area (Å²) in [7, 11) is 0. The second-order valence-corrected chi connectivity index (χ2v) is 3.49. The molecule has 0 saturated carbocycles. The van der Waals surface area contributed by atoms with E-state index < -0.39 is 0 Å². The molecule has 1 aromatic heterocycles. The number of carbonyl (C=O) groups excluding carboxylic acids is 1. The third-order valence-corrected chi connectivity index (χ3v) is 1.73. The lowest BCUT2D eigenvalue weighted by atomic mass is 10.3. The molecule has 0 saturated heterocycles. The van der Waals surface area contributed by atoms with Gasteiger partial charge >= 0.3 is 6.03 Å². The number of urea groups is 1. The molecule has 2 amide bonds. The van der Waals surface area contributed by atoms with Crippen LogP contribution in [0.3, 0.4) is 0 Å². The van der Waals surface area contributed by atoms with Crippen molar-refractivity contribution in [1.82, 2.24) is 10.3 Å². The van der Waals surface area contributed by atoms with Crippen LogP contribution >= 0.6 is 0 Å². The van der Waals surface area contributed by atoms with E-state index in [2.05, 4.69) is 15.6 Å². The van der Waals surface area contributed by atoms with Gasteiger partial charge in [-0.15, -0.1) is 0 Å². The molecule has 0 aromatic carbocycles. The molecule has 0 fully saturated rings. The number of rotatable bonds is 2. The van der Waals surface area contributed by atoms with Crippen LogP contribution in [0, 0.1) is 6.92 Å². The number of carbonyl (C=O) groups is 1. The first-order valence-corrected chi connectivity index (χ1v) is 4.72. The topological polar surface area (TPSA) is 54.0 Å². The van der Waals surface area contributed by atoms with E-state index in [9.17, 15) is 4.79 Å². The fourth-order valence-corrected chi connectivity index (χ4v) is 0.970. The quantitative estimate of drug-likeness (QED) is 0.779. The number of nitrogens with one attached hydrogen (secondary N) is 2. The Labute approximate surface area is 89.4 Å². The second-order valence-electron chi connectivity index (χ2n) is 3.49. The smallest absolute Gasteiger partial charge is 0.314 e. The summed E-state index contributed by atoms with van der Waals surface area (Å²) in [6, 6.07) is 3.44. The van der Waals surface area contributed by atoms with Gasteiger partial charge in [0.25, 0.3) is 0 Å². The Bertz CT molecular complexity index is 381. The van der Waals surface area contributed by atoms with Gasteiger partial charge in [-0.3, -0.25) is 5.32 Å².